The van der Waals surface area contributed by atoms with Gasteiger partial charge in [0, 0.05) is 36.1 Å². The molecule has 37 heavy (non-hydrogen) atoms. The van der Waals surface area contributed by atoms with Crippen LogP contribution >= 0.6 is 0 Å². The quantitative estimate of drug-likeness (QED) is 0.284. The Morgan fingerprint density at radius 1 is 1.19 bits per heavy atom. The fraction of sp³-hybridized carbons (Fsp3) is 0.429. The average molecular weight is 507 g/mol. The number of rotatable bonds is 8. The molecule has 0 aliphatic carbocycles. The van der Waals surface area contributed by atoms with Crippen molar-refractivity contribution >= 4 is 22.8 Å². The number of carbonyl (C=O) groups excluding carboxylic acids is 2. The smallest absolute Gasteiger partial charge is 0.355 e. The van der Waals surface area contributed by atoms with Crippen LogP contribution in [0.2, 0.25) is 0 Å². The topological polar surface area (TPSA) is 117 Å². The van der Waals surface area contributed by atoms with Crippen LogP contribution in [0, 0.1) is 0 Å². The summed E-state index contributed by atoms with van der Waals surface area (Å²) >= 11 is 0. The first-order valence-electron chi connectivity index (χ1n) is 12.7. The fourth-order valence-corrected chi connectivity index (χ4v) is 5.42. The first kappa shape index (κ1) is 25.0. The second kappa shape index (κ2) is 9.63. The first-order chi connectivity index (χ1) is 17.8. The van der Waals surface area contributed by atoms with Crippen LogP contribution in [-0.4, -0.2) is 39.8 Å². The van der Waals surface area contributed by atoms with E-state index in [1.807, 2.05) is 13.8 Å². The lowest BCUT2D eigenvalue weighted by Gasteiger charge is -2.35. The molecule has 3 aromatic rings. The second-order valence-corrected chi connectivity index (χ2v) is 9.32. The lowest BCUT2D eigenvalue weighted by Crippen LogP contribution is -2.47. The van der Waals surface area contributed by atoms with Crippen LogP contribution in [0.1, 0.15) is 62.3 Å². The van der Waals surface area contributed by atoms with E-state index in [0.29, 0.717) is 60.6 Å². The van der Waals surface area contributed by atoms with Gasteiger partial charge in [-0.2, -0.15) is 0 Å². The maximum absolute atomic E-state index is 13.7. The van der Waals surface area contributed by atoms with Crippen molar-refractivity contribution in [1.82, 2.24) is 9.55 Å². The highest BCUT2D eigenvalue weighted by Crippen LogP contribution is 2.42. The van der Waals surface area contributed by atoms with Crippen molar-refractivity contribution in [3.8, 4) is 17.1 Å². The van der Waals surface area contributed by atoms with Crippen molar-refractivity contribution in [3.05, 3.63) is 56.9 Å². The highest BCUT2D eigenvalue weighted by molar-refractivity contribution is 5.90. The molecule has 2 aliphatic heterocycles. The number of hydrogen-bond acceptors (Lipinski definition) is 8. The van der Waals surface area contributed by atoms with E-state index in [4.69, 9.17) is 19.2 Å². The van der Waals surface area contributed by atoms with E-state index in [9.17, 15) is 19.5 Å². The largest absolute Gasteiger partial charge is 0.508 e. The zero-order valence-corrected chi connectivity index (χ0v) is 21.3. The molecule has 0 amide bonds. The number of hydrogen-bond donors (Lipinski definition) is 1. The first-order valence-corrected chi connectivity index (χ1v) is 12.7. The van der Waals surface area contributed by atoms with E-state index in [0.717, 1.165) is 16.5 Å². The molecule has 0 spiro atoms. The summed E-state index contributed by atoms with van der Waals surface area (Å²) in [7, 11) is 0. The number of cyclic esters (lactones) is 1. The van der Waals surface area contributed by atoms with E-state index >= 15 is 0 Å². The monoisotopic (exact) mass is 506 g/mol. The Hall–Kier alpha value is -3.72. The number of pyridine rings is 2. The van der Waals surface area contributed by atoms with Gasteiger partial charge in [-0.15, -0.1) is 0 Å². The van der Waals surface area contributed by atoms with Gasteiger partial charge < -0.3 is 23.9 Å². The van der Waals surface area contributed by atoms with Crippen LogP contribution in [0.15, 0.2) is 29.1 Å². The Labute approximate surface area is 214 Å². The molecule has 5 rings (SSSR count). The van der Waals surface area contributed by atoms with Crippen molar-refractivity contribution in [2.75, 3.05) is 13.2 Å². The molecule has 0 fully saturated rings. The predicted octanol–water partition coefficient (Wildman–Crippen LogP) is 3.72. The Morgan fingerprint density at radius 2 is 2.00 bits per heavy atom. The number of carbonyl (C=O) groups is 2. The van der Waals surface area contributed by atoms with Gasteiger partial charge in [-0.3, -0.25) is 9.59 Å². The van der Waals surface area contributed by atoms with Crippen LogP contribution in [-0.2, 0) is 49.0 Å². The van der Waals surface area contributed by atoms with Crippen molar-refractivity contribution in [3.63, 3.8) is 0 Å². The summed E-state index contributed by atoms with van der Waals surface area (Å²) in [5.41, 5.74) is 2.51. The molecular formula is C28H30N2O7. The van der Waals surface area contributed by atoms with Gasteiger partial charge in [0.1, 0.15) is 12.4 Å². The number of benzene rings is 1. The number of phenols is 1. The SMILES string of the molecule is CCOCCCC(=O)O[C@]1(CC)C(=O)OCc2c1cc1n(c2=O)Cc2c-1nc1ccc(O)cc1c2CC. The van der Waals surface area contributed by atoms with Crippen LogP contribution in [0.25, 0.3) is 22.3 Å². The summed E-state index contributed by atoms with van der Waals surface area (Å²) in [6, 6.07) is 6.79. The third kappa shape index (κ3) is 3.98. The van der Waals surface area contributed by atoms with Gasteiger partial charge in [0.2, 0.25) is 5.60 Å². The molecule has 1 atom stereocenters. The molecule has 4 heterocycles. The lowest BCUT2D eigenvalue weighted by molar-refractivity contribution is -0.189. The van der Waals surface area contributed by atoms with Gasteiger partial charge in [-0.1, -0.05) is 13.8 Å². The molecule has 0 bridgehead atoms. The number of esters is 2. The van der Waals surface area contributed by atoms with Crippen LogP contribution in [0.5, 0.6) is 5.75 Å². The molecule has 2 aliphatic rings. The van der Waals surface area contributed by atoms with Crippen LogP contribution in [0.3, 0.4) is 0 Å². The molecule has 1 aromatic carbocycles. The van der Waals surface area contributed by atoms with Gasteiger partial charge in [0.25, 0.3) is 5.56 Å². The number of fused-ring (bicyclic) bond motifs is 5. The van der Waals surface area contributed by atoms with Crippen molar-refractivity contribution in [1.29, 1.82) is 0 Å². The fourth-order valence-electron chi connectivity index (χ4n) is 5.42. The minimum Gasteiger partial charge on any atom is -0.508 e. The van der Waals surface area contributed by atoms with Gasteiger partial charge >= 0.3 is 11.9 Å². The minimum absolute atomic E-state index is 0.0807. The maximum atomic E-state index is 13.7. The molecule has 9 heteroatoms. The number of nitrogens with zero attached hydrogens (tertiary/aromatic N) is 2. The number of aryl methyl sites for hydroxylation is 1. The molecule has 0 saturated carbocycles. The number of aromatic nitrogens is 2. The zero-order chi connectivity index (χ0) is 26.3. The van der Waals surface area contributed by atoms with Crippen molar-refractivity contribution in [2.45, 2.75) is 65.2 Å². The summed E-state index contributed by atoms with van der Waals surface area (Å²) in [5, 5.41) is 10.9. The van der Waals surface area contributed by atoms with Crippen LogP contribution in [0.4, 0.5) is 0 Å². The summed E-state index contributed by atoms with van der Waals surface area (Å²) in [6.07, 6.45) is 1.35. The van der Waals surface area contributed by atoms with E-state index in [-0.39, 0.29) is 30.8 Å². The van der Waals surface area contributed by atoms with Gasteiger partial charge in [-0.05, 0) is 56.0 Å². The zero-order valence-electron chi connectivity index (χ0n) is 21.3. The van der Waals surface area contributed by atoms with E-state index < -0.39 is 17.5 Å². The molecule has 2 aromatic heterocycles. The van der Waals surface area contributed by atoms with Crippen LogP contribution < -0.4 is 5.56 Å². The maximum Gasteiger partial charge on any atom is 0.355 e. The summed E-state index contributed by atoms with van der Waals surface area (Å²) in [4.78, 5) is 44.4. The molecular weight excluding hydrogens is 476 g/mol. The Balaban J connectivity index is 1.64. The Kier molecular flexibility index (Phi) is 6.49. The van der Waals surface area contributed by atoms with E-state index in [2.05, 4.69) is 0 Å². The molecule has 194 valence electrons. The molecule has 0 unspecified atom stereocenters. The third-order valence-electron chi connectivity index (χ3n) is 7.27. The Bertz CT molecular complexity index is 1480. The number of aromatic hydroxyl groups is 1. The Morgan fingerprint density at radius 3 is 2.73 bits per heavy atom. The summed E-state index contributed by atoms with van der Waals surface area (Å²) in [5.74, 6) is -1.08. The number of ether oxygens (including phenoxy) is 3. The summed E-state index contributed by atoms with van der Waals surface area (Å²) in [6.45, 7) is 6.73. The predicted molar refractivity (Wildman–Crippen MR) is 135 cm³/mol. The van der Waals surface area contributed by atoms with Gasteiger partial charge in [0.05, 0.1) is 29.0 Å². The third-order valence-corrected chi connectivity index (χ3v) is 7.27. The molecule has 0 radical (unpaired) electrons. The van der Waals surface area contributed by atoms with Crippen molar-refractivity contribution < 1.29 is 28.9 Å². The normalized spacial score (nSPS) is 17.8. The molecule has 1 N–H and O–H groups in total. The molecule has 0 saturated heterocycles. The van der Waals surface area contributed by atoms with E-state index in [1.54, 1.807) is 35.8 Å². The van der Waals surface area contributed by atoms with Gasteiger partial charge in [-0.25, -0.2) is 9.78 Å². The average Bonchev–Trinajstić information content (AvgIpc) is 3.25. The van der Waals surface area contributed by atoms with E-state index in [1.165, 1.54) is 0 Å². The molecule has 9 nitrogen and oxygen atoms in total. The van der Waals surface area contributed by atoms with Gasteiger partial charge in [0.15, 0.2) is 0 Å². The highest BCUT2D eigenvalue weighted by Gasteiger charge is 2.50. The summed E-state index contributed by atoms with van der Waals surface area (Å²) < 4.78 is 18.1. The standard InChI is InChI=1S/C28H30N2O7/c1-4-17-18-12-16(31)9-10-22(18)29-25-19(17)14-30-23(25)13-21-20(26(30)33)15-36-27(34)28(21,5-2)37-24(32)8-7-11-35-6-3/h9-10,12-13,31H,4-8,11,14-15H2,1-3H3/t28-/m0/s1. The number of phenolic OH excluding ortho intramolecular Hbond substituents is 1. The van der Waals surface area contributed by atoms with Crippen molar-refractivity contribution in [2.24, 2.45) is 0 Å². The highest BCUT2D eigenvalue weighted by atomic mass is 16.6. The lowest BCUT2D eigenvalue weighted by atomic mass is 9.85. The minimum atomic E-state index is -1.70. The second-order valence-electron chi connectivity index (χ2n) is 9.32.